The van der Waals surface area contributed by atoms with E-state index >= 15 is 0 Å². The lowest BCUT2D eigenvalue weighted by Gasteiger charge is -2.57. The van der Waals surface area contributed by atoms with Crippen LogP contribution in [0.5, 0.6) is 0 Å². The first-order chi connectivity index (χ1) is 15.8. The summed E-state index contributed by atoms with van der Waals surface area (Å²) in [5.41, 5.74) is 5.13. The lowest BCUT2D eigenvalue weighted by molar-refractivity contribution is -0.137. The molecule has 0 amide bonds. The van der Waals surface area contributed by atoms with Crippen LogP contribution in [0.4, 0.5) is 0 Å². The van der Waals surface area contributed by atoms with Crippen LogP contribution in [0.3, 0.4) is 0 Å². The average Bonchev–Trinajstić information content (AvgIpc) is 3.03. The van der Waals surface area contributed by atoms with Gasteiger partial charge in [-0.2, -0.15) is 0 Å². The van der Waals surface area contributed by atoms with E-state index in [1.807, 2.05) is 6.08 Å². The van der Waals surface area contributed by atoms with Gasteiger partial charge in [0, 0.05) is 12.0 Å². The van der Waals surface area contributed by atoms with Gasteiger partial charge in [0.05, 0.1) is 0 Å². The normalized spacial score (nSPS) is 36.6. The zero-order valence-corrected chi connectivity index (χ0v) is 22.3. The largest absolute Gasteiger partial charge is 0.481 e. The molecule has 0 bridgehead atoms. The van der Waals surface area contributed by atoms with Crippen molar-refractivity contribution in [1.29, 1.82) is 0 Å². The number of allylic oxidation sites excluding steroid dienone is 4. The summed E-state index contributed by atoms with van der Waals surface area (Å²) >= 11 is 0. The summed E-state index contributed by atoms with van der Waals surface area (Å²) in [6.45, 7) is 17.8. The monoisotopic (exact) mass is 470 g/mol. The van der Waals surface area contributed by atoms with E-state index in [4.69, 9.17) is 5.11 Å². The number of aliphatic carboxylic acids is 2. The van der Waals surface area contributed by atoms with Gasteiger partial charge in [0.2, 0.25) is 0 Å². The van der Waals surface area contributed by atoms with Gasteiger partial charge in [-0.25, -0.2) is 4.79 Å². The Hall–Kier alpha value is -1.84. The molecule has 6 atom stereocenters. The number of carboxylic acid groups (broad SMARTS) is 2. The van der Waals surface area contributed by atoms with Gasteiger partial charge >= 0.3 is 11.9 Å². The molecule has 4 heteroatoms. The molecule has 0 spiro atoms. The first-order valence-electron chi connectivity index (χ1n) is 13.3. The first-order valence-corrected chi connectivity index (χ1v) is 13.3. The lowest BCUT2D eigenvalue weighted by atomic mass is 9.47. The second kappa shape index (κ2) is 9.66. The zero-order valence-electron chi connectivity index (χ0n) is 22.3. The molecule has 0 saturated heterocycles. The molecule has 0 aliphatic heterocycles. The van der Waals surface area contributed by atoms with Crippen molar-refractivity contribution in [1.82, 2.24) is 0 Å². The van der Waals surface area contributed by atoms with Gasteiger partial charge in [-0.1, -0.05) is 57.1 Å². The molecule has 3 aliphatic carbocycles. The molecule has 0 aromatic carbocycles. The Labute approximate surface area is 206 Å². The van der Waals surface area contributed by atoms with Crippen LogP contribution in [0.2, 0.25) is 0 Å². The summed E-state index contributed by atoms with van der Waals surface area (Å²) in [6, 6.07) is 0. The highest BCUT2D eigenvalue weighted by Gasteiger charge is 2.61. The van der Waals surface area contributed by atoms with Crippen molar-refractivity contribution >= 4 is 11.9 Å². The number of fused-ring (bicyclic) bond motifs is 2. The summed E-state index contributed by atoms with van der Waals surface area (Å²) in [7, 11) is 0. The molecule has 3 rings (SSSR count). The Bertz CT molecular complexity index is 911. The number of carboxylic acids is 2. The summed E-state index contributed by atoms with van der Waals surface area (Å²) in [5.74, 6) is 0.0180. The van der Waals surface area contributed by atoms with E-state index in [1.54, 1.807) is 18.1 Å². The molecular formula is C30H46O4. The maximum absolute atomic E-state index is 11.5. The minimum Gasteiger partial charge on any atom is -0.481 e. The van der Waals surface area contributed by atoms with E-state index < -0.39 is 11.9 Å². The van der Waals surface area contributed by atoms with Crippen LogP contribution >= 0.6 is 0 Å². The van der Waals surface area contributed by atoms with Crippen LogP contribution in [0.1, 0.15) is 106 Å². The third-order valence-electron chi connectivity index (χ3n) is 10.7. The van der Waals surface area contributed by atoms with E-state index in [0.717, 1.165) is 38.5 Å². The SMILES string of the molecule is C=C(C)C1CCC2=C(CC[C@]3(C)C(C(C)CCC=C(C)C(=O)O)CC[C@@]23C)[C@@]1(C)CCC(=O)O. The van der Waals surface area contributed by atoms with Gasteiger partial charge in [0.15, 0.2) is 0 Å². The zero-order chi connectivity index (χ0) is 25.5. The third-order valence-corrected chi connectivity index (χ3v) is 10.7. The predicted molar refractivity (Wildman–Crippen MR) is 138 cm³/mol. The number of hydrogen-bond acceptors (Lipinski definition) is 2. The van der Waals surface area contributed by atoms with E-state index in [9.17, 15) is 14.7 Å². The van der Waals surface area contributed by atoms with Crippen molar-refractivity contribution in [2.75, 3.05) is 0 Å². The lowest BCUT2D eigenvalue weighted by Crippen LogP contribution is -2.48. The maximum atomic E-state index is 11.5. The molecule has 0 radical (unpaired) electrons. The topological polar surface area (TPSA) is 74.6 Å². The Balaban J connectivity index is 1.91. The van der Waals surface area contributed by atoms with E-state index in [1.165, 1.54) is 18.4 Å². The molecule has 0 aromatic rings. The fourth-order valence-corrected chi connectivity index (χ4v) is 8.40. The average molecular weight is 471 g/mol. The van der Waals surface area contributed by atoms with Gasteiger partial charge in [-0.3, -0.25) is 4.79 Å². The summed E-state index contributed by atoms with van der Waals surface area (Å²) in [6.07, 6.45) is 11.5. The van der Waals surface area contributed by atoms with Crippen molar-refractivity contribution in [3.05, 3.63) is 34.9 Å². The highest BCUT2D eigenvalue weighted by molar-refractivity contribution is 5.85. The first kappa shape index (κ1) is 26.8. The minimum absolute atomic E-state index is 0.106. The summed E-state index contributed by atoms with van der Waals surface area (Å²) < 4.78 is 0. The summed E-state index contributed by atoms with van der Waals surface area (Å²) in [4.78, 5) is 22.7. The van der Waals surface area contributed by atoms with Gasteiger partial charge in [0.1, 0.15) is 0 Å². The Morgan fingerprint density at radius 2 is 1.76 bits per heavy atom. The van der Waals surface area contributed by atoms with Crippen LogP contribution in [0.25, 0.3) is 0 Å². The van der Waals surface area contributed by atoms with Crippen molar-refractivity contribution in [2.24, 2.45) is 34.0 Å². The van der Waals surface area contributed by atoms with Crippen molar-refractivity contribution in [3.8, 4) is 0 Å². The number of rotatable bonds is 9. The Kier molecular flexibility index (Phi) is 7.60. The predicted octanol–water partition coefficient (Wildman–Crippen LogP) is 7.80. The second-order valence-electron chi connectivity index (χ2n) is 12.3. The van der Waals surface area contributed by atoms with Crippen molar-refractivity contribution in [2.45, 2.75) is 106 Å². The smallest absolute Gasteiger partial charge is 0.330 e. The van der Waals surface area contributed by atoms with Crippen molar-refractivity contribution in [3.63, 3.8) is 0 Å². The molecule has 2 N–H and O–H groups in total. The van der Waals surface area contributed by atoms with Crippen LogP contribution in [0.15, 0.2) is 34.9 Å². The van der Waals surface area contributed by atoms with E-state index in [0.29, 0.717) is 29.7 Å². The number of carbonyl (C=O) groups is 2. The second-order valence-corrected chi connectivity index (χ2v) is 12.3. The molecule has 0 aromatic heterocycles. The molecule has 34 heavy (non-hydrogen) atoms. The molecule has 1 fully saturated rings. The maximum Gasteiger partial charge on any atom is 0.330 e. The van der Waals surface area contributed by atoms with E-state index in [-0.39, 0.29) is 22.7 Å². The van der Waals surface area contributed by atoms with Crippen molar-refractivity contribution < 1.29 is 19.8 Å². The fourth-order valence-electron chi connectivity index (χ4n) is 8.40. The Morgan fingerprint density at radius 1 is 1.09 bits per heavy atom. The quantitative estimate of drug-likeness (QED) is 0.266. The van der Waals surface area contributed by atoms with E-state index in [2.05, 4.69) is 41.2 Å². The van der Waals surface area contributed by atoms with Crippen LogP contribution in [0, 0.1) is 34.0 Å². The Morgan fingerprint density at radius 3 is 2.35 bits per heavy atom. The van der Waals surface area contributed by atoms with Gasteiger partial charge in [0.25, 0.3) is 0 Å². The molecule has 0 heterocycles. The molecule has 190 valence electrons. The van der Waals surface area contributed by atoms with Gasteiger partial charge < -0.3 is 10.2 Å². The number of hydrogen-bond donors (Lipinski definition) is 2. The minimum atomic E-state index is -0.823. The standard InChI is InChI=1S/C30H46O4/c1-19(2)22-11-12-25-24(28(22,5)16-15-26(31)32)14-18-29(6)23(13-17-30(25,29)7)20(3)9-8-10-21(4)27(33)34/h10,20,22-23H,1,8-9,11-18H2,2-7H3,(H,31,32)(H,33,34)/t20?,22?,23?,28-,29+,30-/m0/s1. The molecule has 3 aliphatic rings. The highest BCUT2D eigenvalue weighted by Crippen LogP contribution is 2.71. The highest BCUT2D eigenvalue weighted by atomic mass is 16.4. The molecule has 4 nitrogen and oxygen atoms in total. The van der Waals surface area contributed by atoms with Crippen LogP contribution in [-0.2, 0) is 9.59 Å². The molecule has 3 unspecified atom stereocenters. The van der Waals surface area contributed by atoms with Gasteiger partial charge in [-0.15, -0.1) is 0 Å². The third kappa shape index (κ3) is 4.42. The fraction of sp³-hybridized carbons (Fsp3) is 0.733. The van der Waals surface area contributed by atoms with Gasteiger partial charge in [-0.05, 0) is 106 Å². The molecular weight excluding hydrogens is 424 g/mol. The summed E-state index contributed by atoms with van der Waals surface area (Å²) in [5, 5.41) is 18.6. The van der Waals surface area contributed by atoms with Crippen LogP contribution in [-0.4, -0.2) is 22.2 Å². The molecule has 1 saturated carbocycles. The van der Waals surface area contributed by atoms with Crippen LogP contribution < -0.4 is 0 Å².